The van der Waals surface area contributed by atoms with Crippen molar-refractivity contribution in [2.45, 2.75) is 38.4 Å². The predicted molar refractivity (Wildman–Crippen MR) is 108 cm³/mol. The highest BCUT2D eigenvalue weighted by molar-refractivity contribution is 9.10. The van der Waals surface area contributed by atoms with Gasteiger partial charge in [0.2, 0.25) is 0 Å². The second-order valence-corrected chi connectivity index (χ2v) is 7.95. The number of rotatable bonds is 6. The van der Waals surface area contributed by atoms with Crippen molar-refractivity contribution in [2.24, 2.45) is 0 Å². The van der Waals surface area contributed by atoms with Crippen LogP contribution in [-0.2, 0) is 14.3 Å². The summed E-state index contributed by atoms with van der Waals surface area (Å²) >= 11 is 3.38. The van der Waals surface area contributed by atoms with E-state index in [4.69, 9.17) is 9.47 Å². The highest BCUT2D eigenvalue weighted by Gasteiger charge is 2.35. The molecule has 2 aromatic rings. The van der Waals surface area contributed by atoms with Gasteiger partial charge in [0, 0.05) is 24.8 Å². The molecule has 0 bridgehead atoms. The summed E-state index contributed by atoms with van der Waals surface area (Å²) in [6.45, 7) is 9.45. The number of nitrogens with zero attached hydrogens (tertiary/aromatic N) is 4. The molecule has 2 aromatic heterocycles. The lowest BCUT2D eigenvalue weighted by atomic mass is 9.92. The average Bonchev–Trinajstić information content (AvgIpc) is 3.04. The summed E-state index contributed by atoms with van der Waals surface area (Å²) in [5.74, 6) is -0.0789. The summed E-state index contributed by atoms with van der Waals surface area (Å²) in [5, 5.41) is 15.1. The fraction of sp³-hybridized carbons (Fsp3) is 0.526. The second kappa shape index (κ2) is 8.18. The Balaban J connectivity index is 2.04. The van der Waals surface area contributed by atoms with E-state index in [-0.39, 0.29) is 5.60 Å². The van der Waals surface area contributed by atoms with E-state index in [9.17, 15) is 9.90 Å². The zero-order valence-electron chi connectivity index (χ0n) is 16.3. The lowest BCUT2D eigenvalue weighted by Crippen LogP contribution is -2.45. The van der Waals surface area contributed by atoms with Crippen LogP contribution in [0.25, 0.3) is 5.65 Å². The van der Waals surface area contributed by atoms with Crippen molar-refractivity contribution < 1.29 is 19.4 Å². The Morgan fingerprint density at radius 3 is 2.79 bits per heavy atom. The van der Waals surface area contributed by atoms with Crippen LogP contribution in [0, 0.1) is 6.92 Å². The number of hydrogen-bond donors (Lipinski definition) is 1. The third-order valence-corrected chi connectivity index (χ3v) is 5.53. The Morgan fingerprint density at radius 2 is 2.18 bits per heavy atom. The predicted octanol–water partition coefficient (Wildman–Crippen LogP) is 2.57. The number of hydrogen-bond acceptors (Lipinski definition) is 7. The van der Waals surface area contributed by atoms with Crippen molar-refractivity contribution >= 4 is 33.4 Å². The number of esters is 1. The van der Waals surface area contributed by atoms with Gasteiger partial charge < -0.3 is 19.5 Å². The average molecular weight is 453 g/mol. The molecule has 9 heteroatoms. The van der Waals surface area contributed by atoms with Gasteiger partial charge in [0.05, 0.1) is 24.9 Å². The summed E-state index contributed by atoms with van der Waals surface area (Å²) in [4.78, 5) is 18.7. The molecular weight excluding hydrogens is 428 g/mol. The first-order valence-corrected chi connectivity index (χ1v) is 9.90. The van der Waals surface area contributed by atoms with Crippen LogP contribution in [0.4, 0.5) is 5.82 Å². The summed E-state index contributed by atoms with van der Waals surface area (Å²) in [5.41, 5.74) is 1.36. The van der Waals surface area contributed by atoms with Crippen LogP contribution in [0.15, 0.2) is 23.3 Å². The van der Waals surface area contributed by atoms with Gasteiger partial charge in [-0.1, -0.05) is 6.08 Å². The lowest BCUT2D eigenvalue weighted by Gasteiger charge is -2.40. The summed E-state index contributed by atoms with van der Waals surface area (Å²) in [7, 11) is 1.25. The first-order valence-electron chi connectivity index (χ1n) is 9.11. The van der Waals surface area contributed by atoms with Crippen molar-refractivity contribution in [3.05, 3.63) is 34.6 Å². The molecule has 0 unspecified atom stereocenters. The monoisotopic (exact) mass is 452 g/mol. The summed E-state index contributed by atoms with van der Waals surface area (Å²) in [6, 6.07) is 1.80. The number of aromatic nitrogens is 3. The molecule has 1 aliphatic heterocycles. The molecule has 0 aliphatic carbocycles. The minimum absolute atomic E-state index is 0.238. The van der Waals surface area contributed by atoms with Gasteiger partial charge in [-0.25, -0.2) is 9.78 Å². The van der Waals surface area contributed by atoms with Crippen LogP contribution in [0.3, 0.4) is 0 Å². The van der Waals surface area contributed by atoms with Gasteiger partial charge in [0.15, 0.2) is 11.8 Å². The van der Waals surface area contributed by atoms with Gasteiger partial charge in [0.1, 0.15) is 10.4 Å². The summed E-state index contributed by atoms with van der Waals surface area (Å²) < 4.78 is 13.0. The molecule has 0 spiro atoms. The minimum Gasteiger partial charge on any atom is -0.467 e. The Bertz CT molecular complexity index is 890. The number of methoxy groups -OCH3 is 1. The van der Waals surface area contributed by atoms with Crippen LogP contribution < -0.4 is 4.90 Å². The van der Waals surface area contributed by atoms with Crippen LogP contribution in [0.1, 0.15) is 37.1 Å². The third-order valence-electron chi connectivity index (χ3n) is 5.14. The number of halogens is 1. The van der Waals surface area contributed by atoms with Gasteiger partial charge in [0.25, 0.3) is 0 Å². The largest absolute Gasteiger partial charge is 0.467 e. The minimum atomic E-state index is -1.44. The molecular formula is C19H25BrN4O4. The molecule has 1 saturated heterocycles. The topological polar surface area (TPSA) is 89.2 Å². The standard InChI is InChI=1S/C19H25BrN4O4/c1-5-10-28-19(3)6-8-23(9-7-19)17-15(16(25)18(26)27-4)12(2)21-14-11-13(20)22-24(14)17/h5,11,16,25H,1,6-10H2,2-4H3/t16-/m0/s1. The number of piperidine rings is 1. The van der Waals surface area contributed by atoms with Crippen LogP contribution in [0.5, 0.6) is 0 Å². The Labute approximate surface area is 172 Å². The normalized spacial score (nSPS) is 17.5. The highest BCUT2D eigenvalue weighted by atomic mass is 79.9. The molecule has 1 fully saturated rings. The summed E-state index contributed by atoms with van der Waals surface area (Å²) in [6.07, 6.45) is 1.89. The first kappa shape index (κ1) is 20.8. The van der Waals surface area contributed by atoms with E-state index in [1.165, 1.54) is 7.11 Å². The van der Waals surface area contributed by atoms with E-state index in [0.29, 0.717) is 47.0 Å². The molecule has 1 N–H and O–H groups in total. The molecule has 0 saturated carbocycles. The number of anilines is 1. The van der Waals surface area contributed by atoms with E-state index in [2.05, 4.69) is 44.4 Å². The van der Waals surface area contributed by atoms with E-state index in [1.54, 1.807) is 23.6 Å². The van der Waals surface area contributed by atoms with Crippen LogP contribution in [0.2, 0.25) is 0 Å². The zero-order chi connectivity index (χ0) is 20.5. The molecule has 0 amide bonds. The number of aliphatic hydroxyl groups excluding tert-OH is 1. The lowest BCUT2D eigenvalue weighted by molar-refractivity contribution is -0.150. The maximum Gasteiger partial charge on any atom is 0.339 e. The number of ether oxygens (including phenoxy) is 2. The van der Waals surface area contributed by atoms with Gasteiger partial charge in [-0.2, -0.15) is 9.61 Å². The van der Waals surface area contributed by atoms with Crippen molar-refractivity contribution in [3.8, 4) is 0 Å². The Hall–Kier alpha value is -1.97. The fourth-order valence-electron chi connectivity index (χ4n) is 3.54. The van der Waals surface area contributed by atoms with E-state index in [0.717, 1.165) is 12.8 Å². The van der Waals surface area contributed by atoms with Gasteiger partial charge in [-0.15, -0.1) is 6.58 Å². The molecule has 1 atom stereocenters. The number of fused-ring (bicyclic) bond motifs is 1. The molecule has 152 valence electrons. The van der Waals surface area contributed by atoms with Crippen LogP contribution in [-0.4, -0.2) is 58.1 Å². The zero-order valence-corrected chi connectivity index (χ0v) is 17.9. The van der Waals surface area contributed by atoms with Gasteiger partial charge >= 0.3 is 5.97 Å². The number of aliphatic hydroxyl groups is 1. The van der Waals surface area contributed by atoms with E-state index in [1.807, 2.05) is 0 Å². The van der Waals surface area contributed by atoms with E-state index < -0.39 is 12.1 Å². The SMILES string of the molecule is C=CCOC1(C)CCN(c2c([C@H](O)C(=O)OC)c(C)nc3cc(Br)nn23)CC1. The Morgan fingerprint density at radius 1 is 1.50 bits per heavy atom. The molecule has 0 radical (unpaired) electrons. The van der Waals surface area contributed by atoms with Crippen LogP contribution >= 0.6 is 15.9 Å². The van der Waals surface area contributed by atoms with Gasteiger partial charge in [-0.05, 0) is 42.6 Å². The van der Waals surface area contributed by atoms with Crippen molar-refractivity contribution in [2.75, 3.05) is 31.7 Å². The number of carbonyl (C=O) groups is 1. The maximum atomic E-state index is 12.1. The highest BCUT2D eigenvalue weighted by Crippen LogP contribution is 2.35. The number of aryl methyl sites for hydroxylation is 1. The van der Waals surface area contributed by atoms with Crippen molar-refractivity contribution in [1.29, 1.82) is 0 Å². The van der Waals surface area contributed by atoms with Crippen molar-refractivity contribution in [1.82, 2.24) is 14.6 Å². The third kappa shape index (κ3) is 3.92. The first-order chi connectivity index (χ1) is 13.3. The van der Waals surface area contributed by atoms with Crippen molar-refractivity contribution in [3.63, 3.8) is 0 Å². The van der Waals surface area contributed by atoms with Gasteiger partial charge in [-0.3, -0.25) is 0 Å². The fourth-order valence-corrected chi connectivity index (χ4v) is 3.90. The molecule has 1 aliphatic rings. The maximum absolute atomic E-state index is 12.1. The molecule has 28 heavy (non-hydrogen) atoms. The smallest absolute Gasteiger partial charge is 0.339 e. The van der Waals surface area contributed by atoms with E-state index >= 15 is 0 Å². The number of carbonyl (C=O) groups excluding carboxylic acids is 1. The quantitative estimate of drug-likeness (QED) is 0.531. The molecule has 0 aromatic carbocycles. The Kier molecular flexibility index (Phi) is 6.07. The molecule has 3 rings (SSSR count). The molecule has 3 heterocycles. The molecule has 8 nitrogen and oxygen atoms in total. The second-order valence-electron chi connectivity index (χ2n) is 7.13.